The van der Waals surface area contributed by atoms with Gasteiger partial charge in [0, 0.05) is 38.4 Å². The highest BCUT2D eigenvalue weighted by molar-refractivity contribution is 6.15. The molecule has 0 aliphatic heterocycles. The summed E-state index contributed by atoms with van der Waals surface area (Å²) in [7, 11) is 0. The van der Waals surface area contributed by atoms with E-state index in [1.54, 1.807) is 0 Å². The second-order valence-corrected chi connectivity index (χ2v) is 13.0. The van der Waals surface area contributed by atoms with Crippen molar-refractivity contribution in [3.05, 3.63) is 170 Å². The van der Waals surface area contributed by atoms with Gasteiger partial charge in [-0.2, -0.15) is 0 Å². The first-order valence-corrected chi connectivity index (χ1v) is 17.5. The van der Waals surface area contributed by atoms with E-state index in [2.05, 4.69) is 18.2 Å². The Bertz CT molecular complexity index is 3500. The van der Waals surface area contributed by atoms with Crippen molar-refractivity contribution in [1.82, 2.24) is 19.9 Å². The van der Waals surface area contributed by atoms with Crippen molar-refractivity contribution in [2.45, 2.75) is 0 Å². The Morgan fingerprint density at radius 2 is 1.09 bits per heavy atom. The van der Waals surface area contributed by atoms with Gasteiger partial charge in [0.15, 0.2) is 23.1 Å². The summed E-state index contributed by atoms with van der Waals surface area (Å²) in [6.45, 7) is 0. The van der Waals surface area contributed by atoms with Crippen molar-refractivity contribution < 1.29 is 15.7 Å². The minimum Gasteiger partial charge on any atom is -0.456 e. The van der Waals surface area contributed by atoms with Crippen molar-refractivity contribution in [3.63, 3.8) is 0 Å². The fourth-order valence-electron chi connectivity index (χ4n) is 7.40. The predicted molar refractivity (Wildman–Crippen MR) is 217 cm³/mol. The third-order valence-electron chi connectivity index (χ3n) is 9.83. The zero-order valence-corrected chi connectivity index (χ0v) is 28.4. The molecule has 0 bridgehead atoms. The van der Waals surface area contributed by atoms with Crippen molar-refractivity contribution in [3.8, 4) is 56.7 Å². The van der Waals surface area contributed by atoms with Gasteiger partial charge in [0.2, 0.25) is 5.89 Å². The van der Waals surface area contributed by atoms with E-state index in [0.29, 0.717) is 39.3 Å². The maximum atomic E-state index is 8.89. The summed E-state index contributed by atoms with van der Waals surface area (Å²) in [6.07, 6.45) is 0. The molecule has 0 unspecified atom stereocenters. The van der Waals surface area contributed by atoms with E-state index >= 15 is 0 Å². The maximum absolute atomic E-state index is 8.89. The molecule has 0 spiro atoms. The van der Waals surface area contributed by atoms with E-state index < -0.39 is 30.2 Å². The molecule has 0 saturated heterocycles. The molecule has 0 radical (unpaired) electrons. The number of nitrogens with zero attached hydrogens (tertiary/aromatic N) is 4. The summed E-state index contributed by atoms with van der Waals surface area (Å²) >= 11 is 0. The van der Waals surface area contributed by atoms with Crippen LogP contribution in [0.15, 0.2) is 179 Å². The van der Waals surface area contributed by atoms with Crippen LogP contribution in [0.4, 0.5) is 0 Å². The molecular weight excluding hydrogens is 665 g/mol. The molecule has 11 aromatic rings. The first-order chi connectivity index (χ1) is 28.8. The van der Waals surface area contributed by atoms with Crippen molar-refractivity contribution in [2.24, 2.45) is 0 Å². The average molecular weight is 698 g/mol. The molecule has 3 aromatic heterocycles. The number of fused-ring (bicyclic) bond motifs is 7. The van der Waals surface area contributed by atoms with Crippen LogP contribution in [0.5, 0.6) is 0 Å². The topological polar surface area (TPSA) is 77.8 Å². The molecule has 0 N–H and O–H groups in total. The normalized spacial score (nSPS) is 13.0. The van der Waals surface area contributed by atoms with Crippen LogP contribution in [0.1, 0.15) is 6.85 Å². The minimum atomic E-state index is -0.501. The summed E-state index contributed by atoms with van der Waals surface area (Å²) < 4.78 is 55.7. The fourth-order valence-corrected chi connectivity index (χ4v) is 7.40. The zero-order valence-electron chi connectivity index (χ0n) is 33.4. The van der Waals surface area contributed by atoms with E-state index in [-0.39, 0.29) is 23.0 Å². The lowest BCUT2D eigenvalue weighted by Crippen LogP contribution is -2.01. The number of para-hydroxylation sites is 1. The van der Waals surface area contributed by atoms with E-state index in [9.17, 15) is 0 Å². The Morgan fingerprint density at radius 1 is 0.426 bits per heavy atom. The predicted octanol–water partition coefficient (Wildman–Crippen LogP) is 12.6. The molecule has 0 aliphatic rings. The van der Waals surface area contributed by atoms with E-state index in [1.807, 2.05) is 121 Å². The van der Waals surface area contributed by atoms with Crippen LogP contribution in [0.2, 0.25) is 0 Å². The van der Waals surface area contributed by atoms with Gasteiger partial charge in [-0.25, -0.2) is 19.9 Å². The Kier molecular flexibility index (Phi) is 5.70. The van der Waals surface area contributed by atoms with Crippen LogP contribution in [0.25, 0.3) is 111 Å². The van der Waals surface area contributed by atoms with Crippen LogP contribution in [-0.2, 0) is 0 Å². The highest BCUT2D eigenvalue weighted by atomic mass is 16.3. The van der Waals surface area contributed by atoms with E-state index in [4.69, 9.17) is 35.6 Å². The highest BCUT2D eigenvalue weighted by Gasteiger charge is 2.21. The van der Waals surface area contributed by atoms with Crippen LogP contribution < -0.4 is 0 Å². The van der Waals surface area contributed by atoms with Gasteiger partial charge in [0.1, 0.15) is 16.7 Å². The summed E-state index contributed by atoms with van der Waals surface area (Å²) in [5.74, 6) is 0.989. The van der Waals surface area contributed by atoms with Crippen LogP contribution in [0.3, 0.4) is 0 Å². The Labute approximate surface area is 316 Å². The summed E-state index contributed by atoms with van der Waals surface area (Å²) in [5.41, 5.74) is 6.58. The third-order valence-corrected chi connectivity index (χ3v) is 9.83. The van der Waals surface area contributed by atoms with Gasteiger partial charge in [0.25, 0.3) is 0 Å². The molecule has 3 heterocycles. The van der Waals surface area contributed by atoms with Gasteiger partial charge < -0.3 is 8.83 Å². The molecule has 0 amide bonds. The molecule has 8 aromatic carbocycles. The Balaban J connectivity index is 1.20. The number of hydrogen-bond donors (Lipinski definition) is 0. The molecule has 6 heteroatoms. The van der Waals surface area contributed by atoms with Crippen LogP contribution >= 0.6 is 0 Å². The largest absolute Gasteiger partial charge is 0.456 e. The highest BCUT2D eigenvalue weighted by Crippen LogP contribution is 2.42. The molecular formula is C48H28N4O2. The number of benzene rings is 8. The van der Waals surface area contributed by atoms with Crippen LogP contribution in [-0.4, -0.2) is 19.9 Å². The SMILES string of the molecule is [2H]c1c([2H])c([2H])c(-c2nc(-c3cc(-c4cc5nc(-c6ccccc6)oc5c5ccccc45)c4ccccc4c3)nc(-c3cccc4oc5ccccc5c34)n2)c([2H])c1[2H]. The molecule has 252 valence electrons. The summed E-state index contributed by atoms with van der Waals surface area (Å²) in [6, 6.07) is 43.2. The first kappa shape index (κ1) is 25.5. The van der Waals surface area contributed by atoms with Gasteiger partial charge in [-0.05, 0) is 69.8 Å². The number of hydrogen-bond acceptors (Lipinski definition) is 6. The van der Waals surface area contributed by atoms with Gasteiger partial charge in [-0.3, -0.25) is 0 Å². The number of oxazole rings is 1. The van der Waals surface area contributed by atoms with Gasteiger partial charge in [-0.15, -0.1) is 0 Å². The number of aromatic nitrogens is 4. The molecule has 0 fully saturated rings. The summed E-state index contributed by atoms with van der Waals surface area (Å²) in [5, 5.41) is 5.44. The van der Waals surface area contributed by atoms with Crippen molar-refractivity contribution in [2.75, 3.05) is 0 Å². The van der Waals surface area contributed by atoms with E-state index in [1.165, 1.54) is 0 Å². The minimum absolute atomic E-state index is 0.0515. The third kappa shape index (κ3) is 4.89. The van der Waals surface area contributed by atoms with Crippen LogP contribution in [0, 0.1) is 0 Å². The average Bonchev–Trinajstić information content (AvgIpc) is 3.90. The van der Waals surface area contributed by atoms with Crippen molar-refractivity contribution in [1.29, 1.82) is 0 Å². The standard InChI is InChI=1S/C48H28N4O2/c1-3-14-29(15-4-1)45-50-46(52-47(51-45)37-23-13-25-42-43(37)36-22-11-12-24-41(36)53-42)32-26-31-18-7-8-19-33(31)38(27-32)39-28-40-44(35-21-10-9-20-34(35)39)54-48(49-40)30-16-5-2-6-17-30/h1-28H/i1D,3D,4D,14D,15D. The lowest BCUT2D eigenvalue weighted by atomic mass is 9.91. The number of furan rings is 1. The number of rotatable bonds is 5. The van der Waals surface area contributed by atoms with Crippen molar-refractivity contribution >= 4 is 54.6 Å². The second kappa shape index (κ2) is 12.1. The van der Waals surface area contributed by atoms with Gasteiger partial charge >= 0.3 is 0 Å². The second-order valence-electron chi connectivity index (χ2n) is 13.0. The maximum Gasteiger partial charge on any atom is 0.227 e. The zero-order chi connectivity index (χ0) is 39.9. The van der Waals surface area contributed by atoms with Gasteiger partial charge in [0.05, 0.1) is 6.85 Å². The monoisotopic (exact) mass is 697 g/mol. The Hall–Kier alpha value is -7.44. The lowest BCUT2D eigenvalue weighted by molar-refractivity contribution is 0.623. The molecule has 6 nitrogen and oxygen atoms in total. The molecule has 11 rings (SSSR count). The smallest absolute Gasteiger partial charge is 0.227 e. The molecule has 54 heavy (non-hydrogen) atoms. The van der Waals surface area contributed by atoms with E-state index in [0.717, 1.165) is 49.0 Å². The molecule has 0 saturated carbocycles. The lowest BCUT2D eigenvalue weighted by Gasteiger charge is -2.14. The molecule has 0 aliphatic carbocycles. The Morgan fingerprint density at radius 3 is 1.94 bits per heavy atom. The molecule has 0 atom stereocenters. The quantitative estimate of drug-likeness (QED) is 0.178. The fraction of sp³-hybridized carbons (Fsp3) is 0. The first-order valence-electron chi connectivity index (χ1n) is 20.0. The van der Waals surface area contributed by atoms with Gasteiger partial charge in [-0.1, -0.05) is 127 Å². The summed E-state index contributed by atoms with van der Waals surface area (Å²) in [4.78, 5) is 19.8.